The Morgan fingerprint density at radius 3 is 2.95 bits per heavy atom. The molecule has 0 bridgehead atoms. The summed E-state index contributed by atoms with van der Waals surface area (Å²) >= 11 is 7.29. The maximum Gasteiger partial charge on any atom is 0.274 e. The number of hydrogen-bond donors (Lipinski definition) is 2. The number of hydrazine groups is 1. The molecule has 2 aromatic heterocycles. The van der Waals surface area contributed by atoms with Crippen molar-refractivity contribution >= 4 is 34.7 Å². The molecule has 0 spiro atoms. The second-order valence-electron chi connectivity index (χ2n) is 3.80. The molecular weight excluding hydrogens is 286 g/mol. The summed E-state index contributed by atoms with van der Waals surface area (Å²) in [5.74, 6) is 5.35. The fourth-order valence-electron chi connectivity index (χ4n) is 1.48. The normalized spacial score (nSPS) is 10.3. The van der Waals surface area contributed by atoms with Crippen LogP contribution in [-0.2, 0) is 6.54 Å². The quantitative estimate of drug-likeness (QED) is 0.663. The van der Waals surface area contributed by atoms with E-state index in [-0.39, 0.29) is 11.6 Å². The number of rotatable bonds is 4. The molecule has 0 atom stereocenters. The topological polar surface area (TPSA) is 84.1 Å². The van der Waals surface area contributed by atoms with E-state index in [1.807, 2.05) is 6.07 Å². The van der Waals surface area contributed by atoms with Crippen LogP contribution in [0.2, 0.25) is 4.34 Å². The number of nitrogen functional groups attached to an aromatic ring is 1. The second-order valence-corrected chi connectivity index (χ2v) is 5.60. The highest BCUT2D eigenvalue weighted by molar-refractivity contribution is 7.16. The molecule has 0 aromatic carbocycles. The Morgan fingerprint density at radius 1 is 1.53 bits per heavy atom. The van der Waals surface area contributed by atoms with Gasteiger partial charge in [-0.2, -0.15) is 0 Å². The molecule has 19 heavy (non-hydrogen) atoms. The Labute approximate surface area is 119 Å². The van der Waals surface area contributed by atoms with Gasteiger partial charge < -0.3 is 10.3 Å². The van der Waals surface area contributed by atoms with Gasteiger partial charge in [0.1, 0.15) is 5.69 Å². The Bertz CT molecular complexity index is 588. The fourth-order valence-corrected chi connectivity index (χ4v) is 2.62. The van der Waals surface area contributed by atoms with Gasteiger partial charge in [-0.15, -0.1) is 11.3 Å². The van der Waals surface area contributed by atoms with Crippen molar-refractivity contribution < 1.29 is 4.79 Å². The van der Waals surface area contributed by atoms with Crippen LogP contribution < -0.4 is 11.3 Å². The van der Waals surface area contributed by atoms with Gasteiger partial charge in [-0.25, -0.2) is 10.8 Å². The van der Waals surface area contributed by atoms with Gasteiger partial charge in [-0.1, -0.05) is 11.6 Å². The molecule has 3 N–H and O–H groups in total. The van der Waals surface area contributed by atoms with Gasteiger partial charge in [0, 0.05) is 11.9 Å². The summed E-state index contributed by atoms with van der Waals surface area (Å²) < 4.78 is 0.699. The predicted octanol–water partition coefficient (Wildman–Crippen LogP) is 1.75. The largest absolute Gasteiger partial charge is 0.335 e. The molecule has 0 aliphatic heterocycles. The minimum absolute atomic E-state index is 0.228. The summed E-state index contributed by atoms with van der Waals surface area (Å²) in [5, 5.41) is 0. The van der Waals surface area contributed by atoms with Crippen LogP contribution in [0.5, 0.6) is 0 Å². The Balaban J connectivity index is 2.09. The Hall–Kier alpha value is -1.70. The highest BCUT2D eigenvalue weighted by Crippen LogP contribution is 2.22. The van der Waals surface area contributed by atoms with E-state index in [2.05, 4.69) is 15.4 Å². The van der Waals surface area contributed by atoms with Gasteiger partial charge in [0.05, 0.1) is 23.3 Å². The molecule has 8 heteroatoms. The van der Waals surface area contributed by atoms with E-state index in [4.69, 9.17) is 17.4 Å². The number of carbonyl (C=O) groups excluding carboxylic acids is 1. The molecule has 0 radical (unpaired) electrons. The number of amides is 1. The fraction of sp³-hybridized carbons (Fsp3) is 0.182. The van der Waals surface area contributed by atoms with Crippen LogP contribution in [0.15, 0.2) is 24.5 Å². The van der Waals surface area contributed by atoms with Crippen LogP contribution in [0.1, 0.15) is 15.4 Å². The molecule has 0 saturated carbocycles. The molecule has 1 amide bonds. The van der Waals surface area contributed by atoms with Crippen molar-refractivity contribution in [2.45, 2.75) is 6.54 Å². The van der Waals surface area contributed by atoms with Crippen LogP contribution >= 0.6 is 22.9 Å². The van der Waals surface area contributed by atoms with Gasteiger partial charge in [0.25, 0.3) is 5.91 Å². The van der Waals surface area contributed by atoms with E-state index < -0.39 is 0 Å². The summed E-state index contributed by atoms with van der Waals surface area (Å²) in [6.07, 6.45) is 2.84. The first-order valence-electron chi connectivity index (χ1n) is 5.38. The maximum atomic E-state index is 12.2. The first-order valence-corrected chi connectivity index (χ1v) is 6.58. The van der Waals surface area contributed by atoms with Gasteiger partial charge in [-0.3, -0.25) is 9.78 Å². The lowest BCUT2D eigenvalue weighted by Crippen LogP contribution is -2.27. The van der Waals surface area contributed by atoms with Crippen LogP contribution in [0.3, 0.4) is 0 Å². The molecule has 0 fully saturated rings. The molecular formula is C11H12ClN5OS. The summed E-state index contributed by atoms with van der Waals surface area (Å²) in [4.78, 5) is 22.6. The SMILES string of the molecule is CN(Cc1ccc(Cl)s1)C(=O)c1cncc(NN)n1. The number of nitrogens with zero attached hydrogens (tertiary/aromatic N) is 3. The third-order valence-corrected chi connectivity index (χ3v) is 3.59. The highest BCUT2D eigenvalue weighted by atomic mass is 35.5. The zero-order valence-electron chi connectivity index (χ0n) is 10.1. The van der Waals surface area contributed by atoms with E-state index in [1.54, 1.807) is 18.0 Å². The number of thiophene rings is 1. The van der Waals surface area contributed by atoms with E-state index >= 15 is 0 Å². The number of anilines is 1. The van der Waals surface area contributed by atoms with Crippen LogP contribution in [0.4, 0.5) is 5.82 Å². The lowest BCUT2D eigenvalue weighted by atomic mass is 10.3. The molecule has 2 heterocycles. The zero-order valence-corrected chi connectivity index (χ0v) is 11.7. The third kappa shape index (κ3) is 3.40. The number of nitrogens with two attached hydrogens (primary N) is 1. The van der Waals surface area contributed by atoms with Gasteiger partial charge in [0.15, 0.2) is 5.82 Å². The zero-order chi connectivity index (χ0) is 13.8. The second kappa shape index (κ2) is 5.96. The van der Waals surface area contributed by atoms with E-state index in [0.717, 1.165) is 4.88 Å². The monoisotopic (exact) mass is 297 g/mol. The average molecular weight is 298 g/mol. The van der Waals surface area contributed by atoms with Crippen LogP contribution in [0.25, 0.3) is 0 Å². The molecule has 100 valence electrons. The average Bonchev–Trinajstić information content (AvgIpc) is 2.83. The van der Waals surface area contributed by atoms with Gasteiger partial charge in [0.2, 0.25) is 0 Å². The van der Waals surface area contributed by atoms with Crippen LogP contribution in [-0.4, -0.2) is 27.8 Å². The minimum Gasteiger partial charge on any atom is -0.335 e. The Morgan fingerprint density at radius 2 is 2.32 bits per heavy atom. The van der Waals surface area contributed by atoms with Gasteiger partial charge in [-0.05, 0) is 12.1 Å². The van der Waals surface area contributed by atoms with Crippen molar-refractivity contribution in [3.05, 3.63) is 39.4 Å². The first kappa shape index (κ1) is 13.7. The van der Waals surface area contributed by atoms with Crippen molar-refractivity contribution in [2.24, 2.45) is 5.84 Å². The lowest BCUT2D eigenvalue weighted by molar-refractivity contribution is 0.0780. The summed E-state index contributed by atoms with van der Waals surface area (Å²) in [7, 11) is 1.69. The minimum atomic E-state index is -0.228. The predicted molar refractivity (Wildman–Crippen MR) is 75.0 cm³/mol. The van der Waals surface area contributed by atoms with Crippen LogP contribution in [0, 0.1) is 0 Å². The van der Waals surface area contributed by atoms with E-state index in [0.29, 0.717) is 16.7 Å². The van der Waals surface area contributed by atoms with Crippen molar-refractivity contribution in [2.75, 3.05) is 12.5 Å². The molecule has 0 aliphatic carbocycles. The Kier molecular flexibility index (Phi) is 4.31. The van der Waals surface area contributed by atoms with Gasteiger partial charge >= 0.3 is 0 Å². The molecule has 2 rings (SSSR count). The smallest absolute Gasteiger partial charge is 0.274 e. The van der Waals surface area contributed by atoms with E-state index in [9.17, 15) is 4.79 Å². The summed E-state index contributed by atoms with van der Waals surface area (Å²) in [6.45, 7) is 0.470. The van der Waals surface area contributed by atoms with Crippen molar-refractivity contribution in [1.82, 2.24) is 14.9 Å². The number of hydrogen-bond acceptors (Lipinski definition) is 6. The highest BCUT2D eigenvalue weighted by Gasteiger charge is 2.15. The molecule has 0 unspecified atom stereocenters. The number of nitrogens with one attached hydrogen (secondary N) is 1. The molecule has 0 saturated heterocycles. The van der Waals surface area contributed by atoms with Crippen molar-refractivity contribution in [3.8, 4) is 0 Å². The molecule has 6 nitrogen and oxygen atoms in total. The molecule has 2 aromatic rings. The van der Waals surface area contributed by atoms with Crippen molar-refractivity contribution in [3.63, 3.8) is 0 Å². The van der Waals surface area contributed by atoms with E-state index in [1.165, 1.54) is 23.7 Å². The summed E-state index contributed by atoms with van der Waals surface area (Å²) in [5.41, 5.74) is 2.59. The standard InChI is InChI=1S/C11H12ClN5OS/c1-17(6-7-2-3-9(12)19-7)11(18)8-4-14-5-10(15-8)16-13/h2-5H,6,13H2,1H3,(H,15,16). The number of halogens is 1. The first-order chi connectivity index (χ1) is 9.10. The van der Waals surface area contributed by atoms with Crippen molar-refractivity contribution in [1.29, 1.82) is 0 Å². The lowest BCUT2D eigenvalue weighted by Gasteiger charge is -2.15. The maximum absolute atomic E-state index is 12.2. The summed E-state index contributed by atoms with van der Waals surface area (Å²) in [6, 6.07) is 3.69. The number of aromatic nitrogens is 2. The third-order valence-electron chi connectivity index (χ3n) is 2.37. The molecule has 0 aliphatic rings. The number of carbonyl (C=O) groups is 1.